The van der Waals surface area contributed by atoms with Gasteiger partial charge in [0.05, 0.1) is 46.1 Å². The van der Waals surface area contributed by atoms with Crippen LogP contribution in [0, 0.1) is 0 Å². The zero-order valence-corrected chi connectivity index (χ0v) is 39.6. The third-order valence-corrected chi connectivity index (χ3v) is 15.4. The minimum atomic E-state index is -6.43. The molecule has 8 heterocycles. The van der Waals surface area contributed by atoms with Crippen LogP contribution in [-0.2, 0) is 77.7 Å². The number of hydrogen-bond donors (Lipinski definition) is 7. The van der Waals surface area contributed by atoms with Crippen molar-refractivity contribution in [2.75, 3.05) is 50.7 Å². The van der Waals surface area contributed by atoms with E-state index in [1.54, 1.807) is 0 Å². The van der Waals surface area contributed by atoms with E-state index in [2.05, 4.69) is 57.5 Å². The number of hydrogen-bond acceptors (Lipinski definition) is 31. The minimum absolute atomic E-state index is 0.0115. The summed E-state index contributed by atoms with van der Waals surface area (Å²) in [5.41, 5.74) is 15.7. The van der Waals surface area contributed by atoms with E-state index in [-0.39, 0.29) is 57.9 Å². The van der Waals surface area contributed by atoms with Gasteiger partial charge in [0.2, 0.25) is 11.5 Å². The molecule has 6 aromatic heterocycles. The number of nitrogens with two attached hydrogens (primary N) is 3. The molecule has 41 heteroatoms. The molecule has 0 bridgehead atoms. The highest BCUT2D eigenvalue weighted by Crippen LogP contribution is 2.63. The maximum atomic E-state index is 13.5. The van der Waals surface area contributed by atoms with Gasteiger partial charge in [-0.1, -0.05) is 4.98 Å². The molecule has 12 atom stereocenters. The van der Waals surface area contributed by atoms with E-state index in [9.17, 15) is 57.6 Å². The summed E-state index contributed by atoms with van der Waals surface area (Å²) >= 11 is 0. The van der Waals surface area contributed by atoms with E-state index in [0.717, 1.165) is 35.2 Å². The largest absolute Gasteiger partial charge is 0.756 e. The van der Waals surface area contributed by atoms with Gasteiger partial charge in [-0.25, -0.2) is 33.1 Å². The molecule has 2 fully saturated rings. The van der Waals surface area contributed by atoms with Crippen molar-refractivity contribution in [1.29, 1.82) is 0 Å². The lowest BCUT2D eigenvalue weighted by atomic mass is 10.1. The number of methoxy groups -OCH3 is 1. The smallest absolute Gasteiger partial charge is 0.313 e. The monoisotopic (exact) mass is 1080 g/mol. The number of aliphatic hydroxyl groups is 2. The maximum Gasteiger partial charge on any atom is 0.313 e. The van der Waals surface area contributed by atoms with Crippen LogP contribution in [0.4, 0.5) is 17.7 Å². The Morgan fingerprint density at radius 1 is 0.746 bits per heavy atom. The van der Waals surface area contributed by atoms with E-state index in [4.69, 9.17) is 45.2 Å². The van der Waals surface area contributed by atoms with Crippen molar-refractivity contribution >= 4 is 82.5 Å². The maximum absolute atomic E-state index is 13.5. The molecule has 6 aromatic rings. The quantitative estimate of drug-likeness (QED) is 0.0200. The average Bonchev–Trinajstić information content (AvgIpc) is 4.09. The van der Waals surface area contributed by atoms with Gasteiger partial charge in [-0.2, -0.15) is 4.98 Å². The summed E-state index contributed by atoms with van der Waals surface area (Å²) in [5.74, 6) is -0.621. The molecule has 0 saturated carbocycles. The van der Waals surface area contributed by atoms with Gasteiger partial charge in [-0.05, 0) is 0 Å². The molecule has 2 aliphatic heterocycles. The van der Waals surface area contributed by atoms with Crippen molar-refractivity contribution in [2.45, 2.75) is 55.8 Å². The van der Waals surface area contributed by atoms with Crippen LogP contribution >= 0.6 is 31.3 Å². The fourth-order valence-electron chi connectivity index (χ4n) is 7.32. The number of rotatable bonds is 21. The molecule has 0 amide bonds. The Kier molecular flexibility index (Phi) is 14.8. The van der Waals surface area contributed by atoms with Crippen LogP contribution in [-0.4, -0.2) is 134 Å². The molecule has 8 rings (SSSR count). The number of imidazole rings is 3. The number of aromatic nitrogens is 12. The molecule has 0 spiro atoms. The number of aromatic amines is 2. The number of nitrogen functional groups attached to an aromatic ring is 3. The highest BCUT2D eigenvalue weighted by atomic mass is 31.3. The molecule has 2 saturated heterocycles. The van der Waals surface area contributed by atoms with Crippen molar-refractivity contribution in [3.05, 3.63) is 46.0 Å². The van der Waals surface area contributed by atoms with Crippen molar-refractivity contribution in [3.8, 4) is 0 Å². The summed E-state index contributed by atoms with van der Waals surface area (Å²) in [6, 6.07) is 0. The topological polar surface area (TPSA) is 533 Å². The summed E-state index contributed by atoms with van der Waals surface area (Å²) in [6.45, 7) is -4.15. The summed E-state index contributed by atoms with van der Waals surface area (Å²) in [5, 5.41) is 21.6. The number of ether oxygens (including phenoxy) is 4. The Bertz CT molecular complexity index is 3280. The van der Waals surface area contributed by atoms with E-state index in [0.29, 0.717) is 0 Å². The van der Waals surface area contributed by atoms with E-state index in [1.807, 2.05) is 0 Å². The number of phosphoric acid groups is 4. The lowest BCUT2D eigenvalue weighted by molar-refractivity contribution is -0.711. The number of nitrogens with one attached hydrogen (secondary N) is 2. The second-order valence-electron chi connectivity index (χ2n) is 15.0. The highest BCUT2D eigenvalue weighted by molar-refractivity contribution is 7.65. The number of H-pyrrole nitrogens is 2. The van der Waals surface area contributed by atoms with E-state index < -0.39 is 118 Å². The number of anilines is 3. The number of aryl methyl sites for hydroxylation is 1. The predicted octanol–water partition coefficient (Wildman–Crippen LogP) is -5.88. The zero-order chi connectivity index (χ0) is 51.4. The number of phosphoric ester groups is 3. The number of fused-ring (bicyclic) bond motifs is 3. The van der Waals surface area contributed by atoms with Gasteiger partial charge in [0.25, 0.3) is 48.4 Å². The van der Waals surface area contributed by atoms with Gasteiger partial charge < -0.3 is 84.0 Å². The van der Waals surface area contributed by atoms with Gasteiger partial charge in [-0.3, -0.25) is 51.5 Å². The van der Waals surface area contributed by atoms with Crippen LogP contribution in [0.5, 0.6) is 0 Å². The molecule has 6 unspecified atom stereocenters. The summed E-state index contributed by atoms with van der Waals surface area (Å²) in [6.07, 6.45) is -9.11. The summed E-state index contributed by atoms with van der Waals surface area (Å²) in [7, 11) is -21.7. The first-order valence-electron chi connectivity index (χ1n) is 19.8. The third-order valence-electron chi connectivity index (χ3n) is 10.3. The van der Waals surface area contributed by atoms with Gasteiger partial charge in [0.1, 0.15) is 48.5 Å². The van der Waals surface area contributed by atoms with Crippen LogP contribution in [0.1, 0.15) is 12.5 Å². The van der Waals surface area contributed by atoms with Crippen LogP contribution in [0.25, 0.3) is 33.5 Å². The normalized spacial score (nSPS) is 26.2. The molecular formula is C30H38N15O22P4-3. The Labute approximate surface area is 393 Å². The van der Waals surface area contributed by atoms with Crippen LogP contribution in [0.3, 0.4) is 0 Å². The summed E-state index contributed by atoms with van der Waals surface area (Å²) < 4.78 is 106. The van der Waals surface area contributed by atoms with Gasteiger partial charge in [0.15, 0.2) is 48.1 Å². The minimum Gasteiger partial charge on any atom is -0.756 e. The number of aliphatic hydroxyl groups excluding tert-OH is 2. The van der Waals surface area contributed by atoms with Crippen LogP contribution in [0.2, 0.25) is 0 Å². The molecule has 388 valence electrons. The summed E-state index contributed by atoms with van der Waals surface area (Å²) in [4.78, 5) is 104. The molecule has 10 N–H and O–H groups in total. The Hall–Kier alpha value is -5.07. The van der Waals surface area contributed by atoms with E-state index in [1.165, 1.54) is 22.5 Å². The van der Waals surface area contributed by atoms with E-state index >= 15 is 0 Å². The Balaban J connectivity index is 0.912. The first-order chi connectivity index (χ1) is 33.4. The molecule has 0 aromatic carbocycles. The molecule has 0 aliphatic carbocycles. The Morgan fingerprint density at radius 2 is 1.37 bits per heavy atom. The van der Waals surface area contributed by atoms with Gasteiger partial charge in [0, 0.05) is 7.11 Å². The second-order valence-corrected chi connectivity index (χ2v) is 20.8. The predicted molar refractivity (Wildman–Crippen MR) is 220 cm³/mol. The van der Waals surface area contributed by atoms with Crippen molar-refractivity contribution in [1.82, 2.24) is 53.6 Å². The van der Waals surface area contributed by atoms with Crippen molar-refractivity contribution in [2.24, 2.45) is 7.05 Å². The molecular weight excluding hydrogens is 1050 g/mol. The van der Waals surface area contributed by atoms with Crippen LogP contribution < -0.4 is 52.5 Å². The highest BCUT2D eigenvalue weighted by Gasteiger charge is 2.50. The first-order valence-corrected chi connectivity index (χ1v) is 25.7. The lowest BCUT2D eigenvalue weighted by Gasteiger charge is -2.35. The van der Waals surface area contributed by atoms with Crippen LogP contribution in [0.15, 0.2) is 34.9 Å². The van der Waals surface area contributed by atoms with Crippen molar-refractivity contribution < 1.29 is 98.3 Å². The fourth-order valence-corrected chi connectivity index (χ4v) is 11.6. The van der Waals surface area contributed by atoms with Crippen molar-refractivity contribution in [3.63, 3.8) is 0 Å². The average molecular weight is 1080 g/mol. The Morgan fingerprint density at radius 3 is 2.08 bits per heavy atom. The standard InChI is InChI=1S/C30H41N15O22P4/c1-42-10-43(24-16(42)26(49)41-30(33)39-24)11-59-3-4-60-69(52,53)66-71(56,57)67-70(54,55)62-6-13-19(20(58-2)28(64-13)44-8-36-14-21(31)34-7-35-22(14)44)65-68(50,51)61-5-12-17(46)18(47)27(63-12)45-9-37-15-23(45)38-29(32)40-25(15)48/h7-10,12-13,17-20,27-28,46-47H,3-6,11H2,1-2H3,(H11-,31,32,33,34,35,38,39,40,41,48,49,50,51,52,53,54,55,56,57)/p-3/t12-,13-,17?,18+,19?,20+,27-,28-/m1/s1. The van der Waals surface area contributed by atoms with Gasteiger partial charge >= 0.3 is 5.65 Å². The molecule has 2 aliphatic rings. The zero-order valence-electron chi connectivity index (χ0n) is 36.0. The fraction of sp³-hybridized carbons (Fsp3) is 0.500. The molecule has 0 radical (unpaired) electrons. The van der Waals surface area contributed by atoms with Gasteiger partial charge in [-0.15, -0.1) is 0 Å². The lowest BCUT2D eigenvalue weighted by Crippen LogP contribution is -2.39. The molecule has 37 nitrogen and oxygen atoms in total. The second kappa shape index (κ2) is 20.1. The third kappa shape index (κ3) is 11.3. The first kappa shape index (κ1) is 52.3. The molecule has 71 heavy (non-hydrogen) atoms. The number of nitrogens with zero attached hydrogens (tertiary/aromatic N) is 10. The SMILES string of the molecule is CO[C@H]1C(OP(=O)([O-])OC[C@H]2O[C@@H](n3cnc4c(=O)[nH]c(N)nc43)[C@@H](O)C2O)[C@@H](COP(=O)([O-])OP(=O)([O-])OP(=O)([O-])OCCOC[n+]2cn(C)c3c(=O)[nH]c(N)nc32)O[C@H]1n1cnc2c(N)ncnc21.